The molecule has 0 N–H and O–H groups in total. The van der Waals surface area contributed by atoms with Crippen LogP contribution in [0.2, 0.25) is 0 Å². The predicted octanol–water partition coefficient (Wildman–Crippen LogP) is 3.17. The van der Waals surface area contributed by atoms with Crippen molar-refractivity contribution < 1.29 is 9.53 Å². The first-order valence-electron chi connectivity index (χ1n) is 6.94. The Labute approximate surface area is 108 Å². The Hall–Kier alpha value is -1.31. The average Bonchev–Trinajstić information content (AvgIpc) is 2.84. The number of methoxy groups -OCH3 is 1. The molecule has 0 heterocycles. The molecule has 0 unspecified atom stereocenters. The summed E-state index contributed by atoms with van der Waals surface area (Å²) in [6.45, 7) is 0. The van der Waals surface area contributed by atoms with Crippen LogP contribution in [-0.4, -0.2) is 12.9 Å². The number of carbonyl (C=O) groups is 1. The van der Waals surface area contributed by atoms with Gasteiger partial charge in [-0.2, -0.15) is 0 Å². The molecule has 1 saturated carbocycles. The zero-order chi connectivity index (χ0) is 12.5. The number of carbonyl (C=O) groups excluding carboxylic acids is 1. The summed E-state index contributed by atoms with van der Waals surface area (Å²) in [5, 5.41) is 0. The van der Waals surface area contributed by atoms with Crippen molar-refractivity contribution in [1.82, 2.24) is 0 Å². The molecule has 0 bridgehead atoms. The van der Waals surface area contributed by atoms with E-state index in [2.05, 4.69) is 18.2 Å². The summed E-state index contributed by atoms with van der Waals surface area (Å²) in [4.78, 5) is 11.4. The van der Waals surface area contributed by atoms with Crippen molar-refractivity contribution in [1.29, 1.82) is 0 Å². The molecule has 2 heteroatoms. The van der Waals surface area contributed by atoms with Gasteiger partial charge in [0.1, 0.15) is 11.5 Å². The Morgan fingerprint density at radius 2 is 1.83 bits per heavy atom. The molecule has 2 atom stereocenters. The van der Waals surface area contributed by atoms with E-state index in [1.165, 1.54) is 17.5 Å². The fraction of sp³-hybridized carbons (Fsp3) is 0.562. The van der Waals surface area contributed by atoms with Crippen molar-refractivity contribution in [3.63, 3.8) is 0 Å². The number of Topliss-reactive ketones (excluding diaryl/α,β-unsaturated/α-hetero) is 1. The summed E-state index contributed by atoms with van der Waals surface area (Å²) >= 11 is 0. The van der Waals surface area contributed by atoms with Gasteiger partial charge in [0, 0.05) is 12.8 Å². The van der Waals surface area contributed by atoms with Crippen molar-refractivity contribution >= 4 is 5.78 Å². The van der Waals surface area contributed by atoms with Crippen LogP contribution in [0.3, 0.4) is 0 Å². The number of benzene rings is 1. The highest BCUT2D eigenvalue weighted by molar-refractivity contribution is 5.80. The third-order valence-corrected chi connectivity index (χ3v) is 4.63. The summed E-state index contributed by atoms with van der Waals surface area (Å²) in [6.07, 6.45) is 6.29. The molecule has 1 aromatic carbocycles. The number of ether oxygens (including phenoxy) is 1. The molecular weight excluding hydrogens is 224 g/mol. The maximum Gasteiger partial charge on any atom is 0.133 e. The molecule has 3 rings (SSSR count). The molecule has 0 radical (unpaired) electrons. The molecule has 1 aromatic rings. The number of hydrogen-bond acceptors (Lipinski definition) is 2. The normalized spacial score (nSPS) is 27.1. The fourth-order valence-corrected chi connectivity index (χ4v) is 3.53. The van der Waals surface area contributed by atoms with Crippen molar-refractivity contribution in [3.8, 4) is 5.75 Å². The zero-order valence-electron chi connectivity index (χ0n) is 10.9. The molecule has 0 saturated heterocycles. The average molecular weight is 244 g/mol. The van der Waals surface area contributed by atoms with E-state index in [1.54, 1.807) is 7.11 Å². The molecule has 96 valence electrons. The van der Waals surface area contributed by atoms with Gasteiger partial charge in [-0.1, -0.05) is 6.07 Å². The minimum Gasteiger partial charge on any atom is -0.497 e. The lowest BCUT2D eigenvalue weighted by Gasteiger charge is -2.29. The van der Waals surface area contributed by atoms with Gasteiger partial charge in [-0.05, 0) is 60.8 Å². The van der Waals surface area contributed by atoms with Gasteiger partial charge in [0.05, 0.1) is 7.11 Å². The maximum atomic E-state index is 11.4. The Balaban J connectivity index is 1.75. The zero-order valence-corrected chi connectivity index (χ0v) is 10.9. The summed E-state index contributed by atoms with van der Waals surface area (Å²) in [5.41, 5.74) is 2.90. The monoisotopic (exact) mass is 244 g/mol. The van der Waals surface area contributed by atoms with Crippen molar-refractivity contribution in [2.24, 2.45) is 11.8 Å². The highest BCUT2D eigenvalue weighted by atomic mass is 16.5. The highest BCUT2D eigenvalue weighted by Crippen LogP contribution is 2.38. The van der Waals surface area contributed by atoms with E-state index in [9.17, 15) is 4.79 Å². The fourth-order valence-electron chi connectivity index (χ4n) is 3.53. The Kier molecular flexibility index (Phi) is 3.11. The Morgan fingerprint density at radius 3 is 2.56 bits per heavy atom. The van der Waals surface area contributed by atoms with Gasteiger partial charge in [0.2, 0.25) is 0 Å². The Morgan fingerprint density at radius 1 is 1.06 bits per heavy atom. The molecule has 2 aliphatic carbocycles. The van der Waals surface area contributed by atoms with Gasteiger partial charge < -0.3 is 4.74 Å². The molecule has 18 heavy (non-hydrogen) atoms. The Bertz CT molecular complexity index is 464. The van der Waals surface area contributed by atoms with Crippen LogP contribution in [0.1, 0.15) is 36.8 Å². The van der Waals surface area contributed by atoms with E-state index >= 15 is 0 Å². The van der Waals surface area contributed by atoms with Gasteiger partial charge in [-0.3, -0.25) is 4.79 Å². The second-order valence-electron chi connectivity index (χ2n) is 5.68. The predicted molar refractivity (Wildman–Crippen MR) is 70.9 cm³/mol. The summed E-state index contributed by atoms with van der Waals surface area (Å²) < 4.78 is 5.28. The number of hydrogen-bond donors (Lipinski definition) is 0. The lowest BCUT2D eigenvalue weighted by Crippen LogP contribution is -2.21. The van der Waals surface area contributed by atoms with Crippen LogP contribution in [0.4, 0.5) is 0 Å². The van der Waals surface area contributed by atoms with E-state index < -0.39 is 0 Å². The number of rotatable bonds is 2. The molecule has 0 aliphatic heterocycles. The van der Waals surface area contributed by atoms with Gasteiger partial charge >= 0.3 is 0 Å². The van der Waals surface area contributed by atoms with Gasteiger partial charge in [0.15, 0.2) is 0 Å². The second-order valence-corrected chi connectivity index (χ2v) is 5.68. The van der Waals surface area contributed by atoms with Crippen LogP contribution in [0.15, 0.2) is 18.2 Å². The number of aryl methyl sites for hydroxylation is 1. The van der Waals surface area contributed by atoms with E-state index in [0.717, 1.165) is 43.8 Å². The second kappa shape index (κ2) is 4.75. The lowest BCUT2D eigenvalue weighted by atomic mass is 9.76. The van der Waals surface area contributed by atoms with Crippen molar-refractivity contribution in [2.45, 2.75) is 38.5 Å². The molecule has 0 amide bonds. The van der Waals surface area contributed by atoms with Gasteiger partial charge in [0.25, 0.3) is 0 Å². The molecule has 0 spiro atoms. The maximum absolute atomic E-state index is 11.4. The van der Waals surface area contributed by atoms with Crippen molar-refractivity contribution in [2.75, 3.05) is 7.11 Å². The first-order chi connectivity index (χ1) is 8.76. The number of ketones is 1. The first kappa shape index (κ1) is 11.8. The third kappa shape index (κ3) is 2.16. The van der Waals surface area contributed by atoms with E-state index in [-0.39, 0.29) is 0 Å². The topological polar surface area (TPSA) is 26.3 Å². The summed E-state index contributed by atoms with van der Waals surface area (Å²) in [7, 11) is 1.72. The van der Waals surface area contributed by atoms with Crippen LogP contribution in [0, 0.1) is 11.8 Å². The smallest absolute Gasteiger partial charge is 0.133 e. The van der Waals surface area contributed by atoms with E-state index in [1.807, 2.05) is 0 Å². The first-order valence-corrected chi connectivity index (χ1v) is 6.94. The third-order valence-electron chi connectivity index (χ3n) is 4.63. The minimum absolute atomic E-state index is 0.473. The van der Waals surface area contributed by atoms with E-state index in [0.29, 0.717) is 11.7 Å². The van der Waals surface area contributed by atoms with Crippen LogP contribution in [0.25, 0.3) is 0 Å². The van der Waals surface area contributed by atoms with Crippen molar-refractivity contribution in [3.05, 3.63) is 29.3 Å². The van der Waals surface area contributed by atoms with Gasteiger partial charge in [-0.15, -0.1) is 0 Å². The highest BCUT2D eigenvalue weighted by Gasteiger charge is 2.31. The van der Waals surface area contributed by atoms with Crippen LogP contribution >= 0.6 is 0 Å². The SMILES string of the molecule is COc1ccc2c(c1)CC[C@@H]([C@@H]1CCC(=O)C1)C2. The quantitative estimate of drug-likeness (QED) is 0.798. The lowest BCUT2D eigenvalue weighted by molar-refractivity contribution is -0.117. The largest absolute Gasteiger partial charge is 0.497 e. The molecule has 2 aliphatic rings. The van der Waals surface area contributed by atoms with E-state index in [4.69, 9.17) is 4.74 Å². The molecule has 2 nitrogen and oxygen atoms in total. The summed E-state index contributed by atoms with van der Waals surface area (Å²) in [6, 6.07) is 6.43. The van der Waals surface area contributed by atoms with Crippen LogP contribution in [0.5, 0.6) is 5.75 Å². The van der Waals surface area contributed by atoms with Crippen LogP contribution < -0.4 is 4.74 Å². The molecule has 0 aromatic heterocycles. The van der Waals surface area contributed by atoms with Gasteiger partial charge in [-0.25, -0.2) is 0 Å². The summed E-state index contributed by atoms with van der Waals surface area (Å²) in [5.74, 6) is 2.80. The standard InChI is InChI=1S/C16H20O2/c1-18-16-7-5-12-8-11(2-3-14(12)10-16)13-4-6-15(17)9-13/h5,7,10-11,13H,2-4,6,8-9H2,1H3/t11-,13-/m1/s1. The number of fused-ring (bicyclic) bond motifs is 1. The van der Waals surface area contributed by atoms with Crippen LogP contribution in [-0.2, 0) is 17.6 Å². The molecular formula is C16H20O2. The molecule has 1 fully saturated rings. The minimum atomic E-state index is 0.473.